The summed E-state index contributed by atoms with van der Waals surface area (Å²) in [6, 6.07) is 0. The summed E-state index contributed by atoms with van der Waals surface area (Å²) in [4.78, 5) is 2.60. The van der Waals surface area contributed by atoms with Gasteiger partial charge in [-0.1, -0.05) is 26.1 Å². The van der Waals surface area contributed by atoms with Crippen LogP contribution in [0.4, 0.5) is 0 Å². The SMILES string of the molecule is CC(C)CS(=O)(=O)N1CCN(C(C)(C)C(N)=S)CC1. The van der Waals surface area contributed by atoms with Crippen molar-refractivity contribution in [3.05, 3.63) is 0 Å². The first-order valence-corrected chi connectivity index (χ1v) is 8.62. The predicted octanol–water partition coefficient (Wildman–Crippen LogP) is 0.655. The van der Waals surface area contributed by atoms with Crippen molar-refractivity contribution in [2.75, 3.05) is 31.9 Å². The van der Waals surface area contributed by atoms with E-state index in [0.717, 1.165) is 0 Å². The van der Waals surface area contributed by atoms with Crippen LogP contribution in [-0.4, -0.2) is 60.1 Å². The molecule has 0 aromatic rings. The minimum atomic E-state index is -3.13. The van der Waals surface area contributed by atoms with Gasteiger partial charge in [0.15, 0.2) is 0 Å². The van der Waals surface area contributed by atoms with Gasteiger partial charge in [-0.15, -0.1) is 0 Å². The minimum Gasteiger partial charge on any atom is -0.392 e. The van der Waals surface area contributed by atoms with Gasteiger partial charge >= 0.3 is 0 Å². The molecule has 2 N–H and O–H groups in total. The van der Waals surface area contributed by atoms with Gasteiger partial charge in [-0.2, -0.15) is 4.31 Å². The van der Waals surface area contributed by atoms with E-state index in [-0.39, 0.29) is 17.2 Å². The zero-order valence-electron chi connectivity index (χ0n) is 12.2. The molecule has 1 rings (SSSR count). The summed E-state index contributed by atoms with van der Waals surface area (Å²) in [5.74, 6) is 0.363. The maximum absolute atomic E-state index is 12.1. The van der Waals surface area contributed by atoms with Crippen molar-refractivity contribution >= 4 is 27.2 Å². The maximum Gasteiger partial charge on any atom is 0.214 e. The summed E-state index contributed by atoms with van der Waals surface area (Å²) in [5, 5.41) is 0. The van der Waals surface area contributed by atoms with Gasteiger partial charge < -0.3 is 5.73 Å². The fraction of sp³-hybridized carbons (Fsp3) is 0.917. The van der Waals surface area contributed by atoms with Gasteiger partial charge in [0.1, 0.15) is 0 Å². The molecule has 0 aromatic heterocycles. The Morgan fingerprint density at radius 3 is 2.11 bits per heavy atom. The molecule has 0 spiro atoms. The van der Waals surface area contributed by atoms with Gasteiger partial charge in [0.2, 0.25) is 10.0 Å². The molecule has 0 saturated carbocycles. The van der Waals surface area contributed by atoms with Crippen molar-refractivity contribution in [1.82, 2.24) is 9.21 Å². The summed E-state index contributed by atoms with van der Waals surface area (Å²) in [5.41, 5.74) is 5.39. The Morgan fingerprint density at radius 2 is 1.74 bits per heavy atom. The Balaban J connectivity index is 2.66. The highest BCUT2D eigenvalue weighted by Gasteiger charge is 2.35. The first-order valence-electron chi connectivity index (χ1n) is 6.60. The molecule has 0 atom stereocenters. The van der Waals surface area contributed by atoms with Crippen molar-refractivity contribution in [1.29, 1.82) is 0 Å². The fourth-order valence-corrected chi connectivity index (χ4v) is 4.11. The summed E-state index contributed by atoms with van der Waals surface area (Å²) in [6.07, 6.45) is 0. The van der Waals surface area contributed by atoms with Gasteiger partial charge in [0, 0.05) is 26.2 Å². The van der Waals surface area contributed by atoms with Crippen LogP contribution in [0.1, 0.15) is 27.7 Å². The quantitative estimate of drug-likeness (QED) is 0.756. The second-order valence-corrected chi connectivity index (χ2v) is 8.44. The first kappa shape index (κ1) is 16.8. The third-order valence-electron chi connectivity index (χ3n) is 3.57. The van der Waals surface area contributed by atoms with E-state index >= 15 is 0 Å². The highest BCUT2D eigenvalue weighted by Crippen LogP contribution is 2.19. The van der Waals surface area contributed by atoms with Gasteiger partial charge in [-0.25, -0.2) is 8.42 Å². The molecule has 0 aliphatic carbocycles. The van der Waals surface area contributed by atoms with Crippen LogP contribution in [0.5, 0.6) is 0 Å². The Kier molecular flexibility index (Phi) is 5.34. The second kappa shape index (κ2) is 6.03. The van der Waals surface area contributed by atoms with Crippen molar-refractivity contribution in [3.63, 3.8) is 0 Å². The third-order valence-corrected chi connectivity index (χ3v) is 6.31. The summed E-state index contributed by atoms with van der Waals surface area (Å²) in [6.45, 7) is 10.2. The van der Waals surface area contributed by atoms with Gasteiger partial charge in [-0.05, 0) is 19.8 Å². The average Bonchev–Trinajstić information content (AvgIpc) is 2.27. The van der Waals surface area contributed by atoms with Crippen molar-refractivity contribution in [2.24, 2.45) is 11.7 Å². The van der Waals surface area contributed by atoms with E-state index in [1.165, 1.54) is 0 Å². The van der Waals surface area contributed by atoms with Crippen molar-refractivity contribution < 1.29 is 8.42 Å². The van der Waals surface area contributed by atoms with Crippen molar-refractivity contribution in [2.45, 2.75) is 33.2 Å². The van der Waals surface area contributed by atoms with E-state index in [1.807, 2.05) is 27.7 Å². The van der Waals surface area contributed by atoms with Crippen LogP contribution in [0.25, 0.3) is 0 Å². The number of hydrogen-bond acceptors (Lipinski definition) is 4. The Morgan fingerprint density at radius 1 is 1.26 bits per heavy atom. The van der Waals surface area contributed by atoms with E-state index in [0.29, 0.717) is 31.2 Å². The topological polar surface area (TPSA) is 66.6 Å². The molecule has 0 radical (unpaired) electrons. The lowest BCUT2D eigenvalue weighted by Gasteiger charge is -2.43. The standard InChI is InChI=1S/C12H25N3O2S2/c1-10(2)9-19(16,17)15-7-5-14(6-8-15)12(3,4)11(13)18/h10H,5-9H2,1-4H3,(H2,13,18). The lowest BCUT2D eigenvalue weighted by atomic mass is 10.0. The molecule has 19 heavy (non-hydrogen) atoms. The Hall–Kier alpha value is -0.240. The van der Waals surface area contributed by atoms with E-state index in [9.17, 15) is 8.42 Å². The van der Waals surface area contributed by atoms with Crippen LogP contribution in [0.2, 0.25) is 0 Å². The third kappa shape index (κ3) is 4.11. The number of nitrogens with zero attached hydrogens (tertiary/aromatic N) is 2. The van der Waals surface area contributed by atoms with E-state index < -0.39 is 10.0 Å². The number of sulfonamides is 1. The van der Waals surface area contributed by atoms with Crippen LogP contribution in [-0.2, 0) is 10.0 Å². The normalized spacial score (nSPS) is 19.8. The monoisotopic (exact) mass is 307 g/mol. The summed E-state index contributed by atoms with van der Waals surface area (Å²) < 4.78 is 25.9. The Bertz CT molecular complexity index is 424. The summed E-state index contributed by atoms with van der Waals surface area (Å²) in [7, 11) is -3.13. The predicted molar refractivity (Wildman–Crippen MR) is 82.6 cm³/mol. The molecule has 1 aliphatic rings. The number of piperazine rings is 1. The molecule has 1 fully saturated rings. The second-order valence-electron chi connectivity index (χ2n) is 5.98. The average molecular weight is 307 g/mol. The molecule has 5 nitrogen and oxygen atoms in total. The maximum atomic E-state index is 12.1. The van der Waals surface area contributed by atoms with E-state index in [1.54, 1.807) is 4.31 Å². The van der Waals surface area contributed by atoms with Crippen LogP contribution in [0, 0.1) is 5.92 Å². The summed E-state index contributed by atoms with van der Waals surface area (Å²) >= 11 is 5.08. The number of rotatable bonds is 5. The smallest absolute Gasteiger partial charge is 0.214 e. The number of thiocarbonyl (C=S) groups is 1. The lowest BCUT2D eigenvalue weighted by Crippen LogP contribution is -2.60. The van der Waals surface area contributed by atoms with Crippen LogP contribution >= 0.6 is 12.2 Å². The molecule has 1 aliphatic heterocycles. The molecule has 1 heterocycles. The van der Waals surface area contributed by atoms with Gasteiger partial charge in [0.05, 0.1) is 16.3 Å². The van der Waals surface area contributed by atoms with Crippen LogP contribution in [0.15, 0.2) is 0 Å². The lowest BCUT2D eigenvalue weighted by molar-refractivity contribution is 0.123. The fourth-order valence-electron chi connectivity index (χ4n) is 2.21. The van der Waals surface area contributed by atoms with Gasteiger partial charge in [0.25, 0.3) is 0 Å². The zero-order valence-corrected chi connectivity index (χ0v) is 13.9. The molecular formula is C12H25N3O2S2. The molecule has 0 aromatic carbocycles. The van der Waals surface area contributed by atoms with Gasteiger partial charge in [-0.3, -0.25) is 4.90 Å². The Labute approximate surface area is 122 Å². The molecule has 1 saturated heterocycles. The molecule has 112 valence electrons. The molecule has 0 amide bonds. The van der Waals surface area contributed by atoms with E-state index in [4.69, 9.17) is 18.0 Å². The molecule has 0 unspecified atom stereocenters. The molecule has 7 heteroatoms. The highest BCUT2D eigenvalue weighted by atomic mass is 32.2. The highest BCUT2D eigenvalue weighted by molar-refractivity contribution is 7.89. The van der Waals surface area contributed by atoms with Crippen LogP contribution in [0.3, 0.4) is 0 Å². The first-order chi connectivity index (χ1) is 8.57. The van der Waals surface area contributed by atoms with Crippen LogP contribution < -0.4 is 5.73 Å². The van der Waals surface area contributed by atoms with Crippen molar-refractivity contribution in [3.8, 4) is 0 Å². The molecular weight excluding hydrogens is 282 g/mol. The molecule has 0 bridgehead atoms. The largest absolute Gasteiger partial charge is 0.392 e. The number of nitrogens with two attached hydrogens (primary N) is 1. The zero-order chi connectivity index (χ0) is 14.8. The minimum absolute atomic E-state index is 0.149. The number of hydrogen-bond donors (Lipinski definition) is 1. The van der Waals surface area contributed by atoms with E-state index in [2.05, 4.69) is 4.90 Å².